The zero-order valence-electron chi connectivity index (χ0n) is 17.7. The van der Waals surface area contributed by atoms with Crippen LogP contribution in [0.25, 0.3) is 11.0 Å². The van der Waals surface area contributed by atoms with E-state index in [-0.39, 0.29) is 40.8 Å². The third kappa shape index (κ3) is 3.26. The van der Waals surface area contributed by atoms with Crippen molar-refractivity contribution >= 4 is 17.3 Å². The van der Waals surface area contributed by atoms with Gasteiger partial charge in [-0.25, -0.2) is 0 Å². The van der Waals surface area contributed by atoms with Crippen molar-refractivity contribution < 1.29 is 28.9 Å². The quantitative estimate of drug-likeness (QED) is 0.705. The zero-order chi connectivity index (χ0) is 21.8. The molecule has 0 unspecified atom stereocenters. The summed E-state index contributed by atoms with van der Waals surface area (Å²) in [6.07, 6.45) is 6.42. The second kappa shape index (κ2) is 7.64. The summed E-state index contributed by atoms with van der Waals surface area (Å²) in [5, 5.41) is 21.0. The van der Waals surface area contributed by atoms with Crippen molar-refractivity contribution in [2.24, 2.45) is 0 Å². The SMILES string of the molecule is C[C@@]1(O)CCC[C@@H]2c3c(cc4oc(CO)c(CC=O)c(=O)c4c3OC3CCCC3)O[C@@H]21. The van der Waals surface area contributed by atoms with Crippen molar-refractivity contribution in [3.63, 3.8) is 0 Å². The first-order valence-corrected chi connectivity index (χ1v) is 11.2. The lowest BCUT2D eigenvalue weighted by Crippen LogP contribution is -2.47. The molecule has 166 valence electrons. The average Bonchev–Trinajstić information content (AvgIpc) is 3.38. The number of rotatable bonds is 5. The van der Waals surface area contributed by atoms with Gasteiger partial charge in [0.2, 0.25) is 0 Å². The number of carbonyl (C=O) groups excluding carboxylic acids is 1. The number of ether oxygens (including phenoxy) is 2. The molecule has 1 aromatic carbocycles. The third-order valence-corrected chi connectivity index (χ3v) is 7.14. The summed E-state index contributed by atoms with van der Waals surface area (Å²) in [4.78, 5) is 24.7. The molecule has 0 radical (unpaired) electrons. The molecule has 31 heavy (non-hydrogen) atoms. The second-order valence-corrected chi connectivity index (χ2v) is 9.27. The number of hydrogen-bond donors (Lipinski definition) is 2. The normalized spacial score (nSPS) is 27.7. The number of aldehydes is 1. The predicted octanol–water partition coefficient (Wildman–Crippen LogP) is 3.13. The van der Waals surface area contributed by atoms with E-state index in [0.29, 0.717) is 29.6 Å². The number of hydrogen-bond acceptors (Lipinski definition) is 7. The molecule has 0 spiro atoms. The Kier molecular flexibility index (Phi) is 5.06. The van der Waals surface area contributed by atoms with Crippen LogP contribution in [0.3, 0.4) is 0 Å². The van der Waals surface area contributed by atoms with Crippen LogP contribution in [0.4, 0.5) is 0 Å². The molecule has 2 fully saturated rings. The van der Waals surface area contributed by atoms with Crippen LogP contribution in [-0.2, 0) is 17.8 Å². The summed E-state index contributed by atoms with van der Waals surface area (Å²) in [6.45, 7) is 1.31. The topological polar surface area (TPSA) is 106 Å². The molecule has 5 rings (SSSR count). The lowest BCUT2D eigenvalue weighted by atomic mass is 9.74. The monoisotopic (exact) mass is 428 g/mol. The number of aliphatic hydroxyl groups excluding tert-OH is 1. The molecule has 2 aromatic rings. The van der Waals surface area contributed by atoms with E-state index in [9.17, 15) is 19.8 Å². The molecule has 3 aliphatic rings. The molecule has 2 saturated carbocycles. The summed E-state index contributed by atoms with van der Waals surface area (Å²) >= 11 is 0. The standard InChI is InChI=1S/C24H28O7/c1-24(28)9-4-7-15-19-16(31-23(15)24)11-17-20(22(19)29-13-5-2-3-6-13)21(27)14(8-10-25)18(12-26)30-17/h10-11,13,15,23,26,28H,2-9,12H2,1H3/t15-,23+,24-/m1/s1. The van der Waals surface area contributed by atoms with Gasteiger partial charge in [-0.2, -0.15) is 0 Å². The van der Waals surface area contributed by atoms with Crippen molar-refractivity contribution in [3.8, 4) is 11.5 Å². The smallest absolute Gasteiger partial charge is 0.200 e. The maximum absolute atomic E-state index is 13.5. The van der Waals surface area contributed by atoms with Crippen molar-refractivity contribution in [3.05, 3.63) is 33.2 Å². The van der Waals surface area contributed by atoms with E-state index in [1.807, 2.05) is 0 Å². The second-order valence-electron chi connectivity index (χ2n) is 9.27. The Bertz CT molecular complexity index is 1080. The van der Waals surface area contributed by atoms with E-state index in [1.54, 1.807) is 13.0 Å². The van der Waals surface area contributed by atoms with Crippen molar-refractivity contribution in [1.82, 2.24) is 0 Å². The molecule has 2 heterocycles. The molecular formula is C24H28O7. The van der Waals surface area contributed by atoms with Gasteiger partial charge in [-0.15, -0.1) is 0 Å². The fraction of sp³-hybridized carbons (Fsp3) is 0.583. The Balaban J connectivity index is 1.77. The van der Waals surface area contributed by atoms with Crippen LogP contribution in [-0.4, -0.2) is 34.3 Å². The van der Waals surface area contributed by atoms with E-state index >= 15 is 0 Å². The molecule has 0 saturated heterocycles. The van der Waals surface area contributed by atoms with Crippen LogP contribution in [0.5, 0.6) is 11.5 Å². The first-order chi connectivity index (χ1) is 14.9. The van der Waals surface area contributed by atoms with Crippen molar-refractivity contribution in [2.45, 2.75) is 88.6 Å². The Morgan fingerprint density at radius 2 is 2.03 bits per heavy atom. The van der Waals surface area contributed by atoms with Crippen molar-refractivity contribution in [1.29, 1.82) is 0 Å². The summed E-state index contributed by atoms with van der Waals surface area (Å²) < 4.78 is 18.6. The summed E-state index contributed by atoms with van der Waals surface area (Å²) in [7, 11) is 0. The van der Waals surface area contributed by atoms with Crippen molar-refractivity contribution in [2.75, 3.05) is 0 Å². The molecule has 7 nitrogen and oxygen atoms in total. The zero-order valence-corrected chi connectivity index (χ0v) is 17.7. The first-order valence-electron chi connectivity index (χ1n) is 11.2. The fourth-order valence-corrected chi connectivity index (χ4v) is 5.60. The molecule has 0 amide bonds. The van der Waals surface area contributed by atoms with Crippen LogP contribution in [0.2, 0.25) is 0 Å². The summed E-state index contributed by atoms with van der Waals surface area (Å²) in [5.41, 5.74) is -0.0690. The highest BCUT2D eigenvalue weighted by molar-refractivity contribution is 5.89. The highest BCUT2D eigenvalue weighted by atomic mass is 16.5. The Morgan fingerprint density at radius 3 is 2.74 bits per heavy atom. The molecule has 7 heteroatoms. The van der Waals surface area contributed by atoms with Gasteiger partial charge in [0.15, 0.2) is 5.43 Å². The van der Waals surface area contributed by atoms with E-state index in [4.69, 9.17) is 13.9 Å². The molecular weight excluding hydrogens is 400 g/mol. The highest BCUT2D eigenvalue weighted by Crippen LogP contribution is 2.54. The number of fused-ring (bicyclic) bond motifs is 4. The number of benzene rings is 1. The fourth-order valence-electron chi connectivity index (χ4n) is 5.60. The molecule has 3 atom stereocenters. The van der Waals surface area contributed by atoms with E-state index in [0.717, 1.165) is 44.1 Å². The van der Waals surface area contributed by atoms with E-state index < -0.39 is 18.3 Å². The lowest BCUT2D eigenvalue weighted by Gasteiger charge is -2.37. The van der Waals surface area contributed by atoms with E-state index in [1.165, 1.54) is 0 Å². The third-order valence-electron chi connectivity index (χ3n) is 7.14. The maximum Gasteiger partial charge on any atom is 0.200 e. The van der Waals surface area contributed by atoms with Gasteiger partial charge in [0.25, 0.3) is 0 Å². The van der Waals surface area contributed by atoms with Gasteiger partial charge in [-0.1, -0.05) is 0 Å². The van der Waals surface area contributed by atoms with Gasteiger partial charge >= 0.3 is 0 Å². The summed E-state index contributed by atoms with van der Waals surface area (Å²) in [5.74, 6) is 1.03. The maximum atomic E-state index is 13.5. The minimum absolute atomic E-state index is 0.00397. The molecule has 2 aliphatic carbocycles. The molecule has 1 aromatic heterocycles. The highest BCUT2D eigenvalue weighted by Gasteiger charge is 2.50. The van der Waals surface area contributed by atoms with Gasteiger partial charge in [0.1, 0.15) is 47.2 Å². The van der Waals surface area contributed by atoms with Crippen LogP contribution in [0.15, 0.2) is 15.3 Å². The Labute approximate surface area is 180 Å². The molecule has 1 aliphatic heterocycles. The molecule has 2 N–H and O–H groups in total. The number of carbonyl (C=O) groups is 1. The van der Waals surface area contributed by atoms with Crippen LogP contribution < -0.4 is 14.9 Å². The largest absolute Gasteiger partial charge is 0.489 e. The molecule has 0 bridgehead atoms. The van der Waals surface area contributed by atoms with Gasteiger partial charge in [0.05, 0.1) is 11.7 Å². The van der Waals surface area contributed by atoms with Crippen LogP contribution in [0.1, 0.15) is 74.7 Å². The number of aliphatic hydroxyl groups is 2. The summed E-state index contributed by atoms with van der Waals surface area (Å²) in [6, 6.07) is 1.67. The first kappa shape index (κ1) is 20.5. The minimum atomic E-state index is -0.977. The minimum Gasteiger partial charge on any atom is -0.489 e. The van der Waals surface area contributed by atoms with Crippen LogP contribution >= 0.6 is 0 Å². The van der Waals surface area contributed by atoms with E-state index in [2.05, 4.69) is 0 Å². The van der Waals surface area contributed by atoms with Gasteiger partial charge in [-0.3, -0.25) is 4.79 Å². The van der Waals surface area contributed by atoms with Gasteiger partial charge < -0.3 is 28.9 Å². The Hall–Kier alpha value is -2.38. The van der Waals surface area contributed by atoms with Gasteiger partial charge in [0, 0.05) is 29.5 Å². The van der Waals surface area contributed by atoms with Gasteiger partial charge in [-0.05, 0) is 51.9 Å². The van der Waals surface area contributed by atoms with Crippen LogP contribution in [0, 0.1) is 0 Å². The predicted molar refractivity (Wildman–Crippen MR) is 113 cm³/mol. The lowest BCUT2D eigenvalue weighted by molar-refractivity contribution is -0.107. The average molecular weight is 428 g/mol. The Morgan fingerprint density at radius 1 is 1.26 bits per heavy atom.